The first kappa shape index (κ1) is 72.6. The van der Waals surface area contributed by atoms with Crippen molar-refractivity contribution in [2.75, 3.05) is 26.2 Å². The summed E-state index contributed by atoms with van der Waals surface area (Å²) in [4.78, 5) is 56.4. The molecule has 78 heavy (non-hydrogen) atoms. The second-order valence-corrected chi connectivity index (χ2v) is 23.2. The van der Waals surface area contributed by atoms with Crippen LogP contribution in [0.25, 0.3) is 0 Å². The van der Waals surface area contributed by atoms with E-state index >= 15 is 0 Å². The summed E-state index contributed by atoms with van der Waals surface area (Å²) in [6.07, 6.45) is 67.5. The molecule has 0 aromatic heterocycles. The summed E-state index contributed by atoms with van der Waals surface area (Å²) < 4.78 is 0. The lowest BCUT2D eigenvalue weighted by molar-refractivity contribution is 0.0907. The van der Waals surface area contributed by atoms with Gasteiger partial charge in [0.05, 0.1) is 22.3 Å². The minimum absolute atomic E-state index is 0.147. The Hall–Kier alpha value is -3.42. The van der Waals surface area contributed by atoms with E-state index in [1.807, 2.05) is 0 Å². The molecule has 450 valence electrons. The van der Waals surface area contributed by atoms with Crippen molar-refractivity contribution in [3.8, 4) is 0 Å². The van der Waals surface area contributed by atoms with E-state index in [4.69, 9.17) is 0 Å². The Balaban J connectivity index is 2.98. The van der Waals surface area contributed by atoms with E-state index in [0.717, 1.165) is 89.9 Å². The second kappa shape index (κ2) is 56.8. The summed E-state index contributed by atoms with van der Waals surface area (Å²) in [7, 11) is 0. The average molecular weight is 1090 g/mol. The molecule has 4 N–H and O–H groups in total. The molecule has 1 rings (SSSR count). The van der Waals surface area contributed by atoms with Crippen LogP contribution in [-0.4, -0.2) is 49.8 Å². The van der Waals surface area contributed by atoms with Crippen LogP contribution in [-0.2, 0) is 0 Å². The summed E-state index contributed by atoms with van der Waals surface area (Å²) in [5, 5.41) is 12.3. The van der Waals surface area contributed by atoms with Gasteiger partial charge in [0.15, 0.2) is 0 Å². The number of rotatable bonds is 58. The molecule has 0 saturated carbocycles. The molecule has 0 spiro atoms. The molecule has 8 heteroatoms. The Kier molecular flexibility index (Phi) is 52.9. The van der Waals surface area contributed by atoms with Gasteiger partial charge in [0.25, 0.3) is 23.6 Å². The van der Waals surface area contributed by atoms with E-state index in [2.05, 4.69) is 73.3 Å². The molecule has 0 bridgehead atoms. The van der Waals surface area contributed by atoms with Crippen molar-refractivity contribution in [3.63, 3.8) is 0 Å². The van der Waals surface area contributed by atoms with Crippen molar-refractivity contribution in [2.45, 2.75) is 336 Å². The largest absolute Gasteiger partial charge is 0.352 e. The molecule has 0 saturated heterocycles. The van der Waals surface area contributed by atoms with Crippen molar-refractivity contribution in [1.29, 1.82) is 0 Å². The number of carbonyl (C=O) groups excluding carboxylic acids is 4. The van der Waals surface area contributed by atoms with E-state index < -0.39 is 0 Å². The van der Waals surface area contributed by atoms with Crippen LogP contribution >= 0.6 is 0 Å². The first-order valence-corrected chi connectivity index (χ1v) is 34.0. The third-order valence-electron chi connectivity index (χ3n) is 15.7. The van der Waals surface area contributed by atoms with E-state index in [0.29, 0.717) is 26.2 Å². The molecular weight excluding hydrogens is 961 g/mol. The molecule has 0 aliphatic heterocycles. The number of allylic oxidation sites excluding steroid dienone is 4. The van der Waals surface area contributed by atoms with Gasteiger partial charge in [-0.3, -0.25) is 19.2 Å². The summed E-state index contributed by atoms with van der Waals surface area (Å²) in [5.41, 5.74) is 0.589. The quantitative estimate of drug-likeness (QED) is 0.0384. The maximum absolute atomic E-state index is 14.1. The third-order valence-corrected chi connectivity index (χ3v) is 15.7. The normalized spacial score (nSPS) is 11.5. The molecular formula is C70H126N4O4. The minimum atomic E-state index is -0.383. The summed E-state index contributed by atoms with van der Waals surface area (Å²) >= 11 is 0. The molecule has 1 aromatic carbocycles. The molecule has 0 fully saturated rings. The van der Waals surface area contributed by atoms with E-state index in [1.54, 1.807) is 0 Å². The third kappa shape index (κ3) is 43.4. The monoisotopic (exact) mass is 1090 g/mol. The fraction of sp³-hybridized carbons (Fsp3) is 0.800. The SMILES string of the molecule is CCCCCCCC/C=C\CCCCCCCCNC(=O)c1cc(C(=O)NCCCCCCCCCCCC)c(C(=O)NCCCCCCCC/C=C\CCCCCCCC)cc1C(=O)NCCCCCCCCCCCC. The minimum Gasteiger partial charge on any atom is -0.352 e. The van der Waals surface area contributed by atoms with Crippen molar-refractivity contribution < 1.29 is 19.2 Å². The van der Waals surface area contributed by atoms with Crippen LogP contribution in [0.4, 0.5) is 0 Å². The Morgan fingerprint density at radius 2 is 0.397 bits per heavy atom. The average Bonchev–Trinajstić information content (AvgIpc) is 3.44. The van der Waals surface area contributed by atoms with Crippen LogP contribution in [0, 0.1) is 0 Å². The topological polar surface area (TPSA) is 116 Å². The predicted octanol–water partition coefficient (Wildman–Crippen LogP) is 20.5. The maximum Gasteiger partial charge on any atom is 0.252 e. The highest BCUT2D eigenvalue weighted by Gasteiger charge is 2.26. The molecule has 0 aliphatic rings. The van der Waals surface area contributed by atoms with Gasteiger partial charge in [-0.1, -0.05) is 283 Å². The molecule has 0 heterocycles. The first-order valence-electron chi connectivity index (χ1n) is 34.0. The number of hydrogen-bond acceptors (Lipinski definition) is 4. The van der Waals surface area contributed by atoms with Gasteiger partial charge in [0.2, 0.25) is 0 Å². The van der Waals surface area contributed by atoms with Gasteiger partial charge in [-0.15, -0.1) is 0 Å². The summed E-state index contributed by atoms with van der Waals surface area (Å²) in [5.74, 6) is -1.53. The Bertz CT molecular complexity index is 1500. The van der Waals surface area contributed by atoms with Gasteiger partial charge in [0.1, 0.15) is 0 Å². The maximum atomic E-state index is 14.1. The summed E-state index contributed by atoms with van der Waals surface area (Å²) in [6.45, 7) is 11.0. The first-order chi connectivity index (χ1) is 38.4. The highest BCUT2D eigenvalue weighted by atomic mass is 16.2. The Morgan fingerprint density at radius 1 is 0.244 bits per heavy atom. The zero-order valence-electron chi connectivity index (χ0n) is 51.9. The predicted molar refractivity (Wildman–Crippen MR) is 338 cm³/mol. The van der Waals surface area contributed by atoms with Gasteiger partial charge in [-0.2, -0.15) is 0 Å². The molecule has 4 amide bonds. The molecule has 1 aromatic rings. The van der Waals surface area contributed by atoms with Crippen LogP contribution < -0.4 is 21.3 Å². The second-order valence-electron chi connectivity index (χ2n) is 23.2. The summed E-state index contributed by atoms with van der Waals surface area (Å²) in [6, 6.07) is 3.03. The fourth-order valence-electron chi connectivity index (χ4n) is 10.5. The molecule has 0 atom stereocenters. The van der Waals surface area contributed by atoms with Gasteiger partial charge in [-0.05, 0) is 89.2 Å². The van der Waals surface area contributed by atoms with Gasteiger partial charge >= 0.3 is 0 Å². The van der Waals surface area contributed by atoms with E-state index in [-0.39, 0.29) is 45.9 Å². The van der Waals surface area contributed by atoms with Crippen LogP contribution in [0.3, 0.4) is 0 Å². The van der Waals surface area contributed by atoms with Crippen LogP contribution in [0.5, 0.6) is 0 Å². The lowest BCUT2D eigenvalue weighted by atomic mass is 9.95. The zero-order chi connectivity index (χ0) is 56.5. The number of amides is 4. The molecule has 8 nitrogen and oxygen atoms in total. The zero-order valence-corrected chi connectivity index (χ0v) is 51.9. The van der Waals surface area contributed by atoms with Crippen LogP contribution in [0.1, 0.15) is 377 Å². The number of nitrogens with one attached hydrogen (secondary N) is 4. The highest BCUT2D eigenvalue weighted by molar-refractivity contribution is 6.14. The lowest BCUT2D eigenvalue weighted by Gasteiger charge is -2.17. The number of benzene rings is 1. The number of hydrogen-bond donors (Lipinski definition) is 4. The van der Waals surface area contributed by atoms with Crippen molar-refractivity contribution in [3.05, 3.63) is 58.7 Å². The van der Waals surface area contributed by atoms with Crippen LogP contribution in [0.15, 0.2) is 36.4 Å². The van der Waals surface area contributed by atoms with Crippen molar-refractivity contribution >= 4 is 23.6 Å². The lowest BCUT2D eigenvalue weighted by Crippen LogP contribution is -2.34. The number of unbranched alkanes of at least 4 members (excludes halogenated alkanes) is 42. The van der Waals surface area contributed by atoms with Gasteiger partial charge < -0.3 is 21.3 Å². The van der Waals surface area contributed by atoms with E-state index in [1.165, 1.54) is 230 Å². The van der Waals surface area contributed by atoms with Gasteiger partial charge in [-0.25, -0.2) is 0 Å². The highest BCUT2D eigenvalue weighted by Crippen LogP contribution is 2.21. The fourth-order valence-corrected chi connectivity index (χ4v) is 10.5. The standard InChI is InChI=1S/C70H126N4O4/c1-5-9-13-17-21-25-29-31-33-35-37-39-43-47-51-55-59-73-69(77)65-61-64(68(76)72-58-54-50-46-42-28-24-20-16-12-8-4)66(62-63(65)67(75)71-57-53-49-45-41-27-23-19-15-11-7-3)70(78)74-60-56-52-48-44-40-38-36-34-32-30-26-22-18-14-10-6-2/h31-34,61-62H,5-30,35-60H2,1-4H3,(H,71,75)(H,72,76)(H,73,77)(H,74,78)/b33-31-,34-32-. The molecule has 0 aliphatic carbocycles. The smallest absolute Gasteiger partial charge is 0.252 e. The Labute approximate surface area is 482 Å². The number of carbonyl (C=O) groups is 4. The van der Waals surface area contributed by atoms with Crippen LogP contribution in [0.2, 0.25) is 0 Å². The Morgan fingerprint density at radius 3 is 0.577 bits per heavy atom. The van der Waals surface area contributed by atoms with Crippen molar-refractivity contribution in [2.24, 2.45) is 0 Å². The van der Waals surface area contributed by atoms with Gasteiger partial charge in [0, 0.05) is 26.2 Å². The van der Waals surface area contributed by atoms with Crippen molar-refractivity contribution in [1.82, 2.24) is 21.3 Å². The molecule has 0 unspecified atom stereocenters. The van der Waals surface area contributed by atoms with E-state index in [9.17, 15) is 19.2 Å². The molecule has 0 radical (unpaired) electrons.